The number of hydrogen-bond acceptors (Lipinski definition) is 5. The summed E-state index contributed by atoms with van der Waals surface area (Å²) in [6.45, 7) is 14.7. The summed E-state index contributed by atoms with van der Waals surface area (Å²) in [5, 5.41) is 3.60. The first kappa shape index (κ1) is 23.1. The van der Waals surface area contributed by atoms with Crippen LogP contribution in [0.15, 0.2) is 4.99 Å². The maximum Gasteiger partial charge on any atom is 0.193 e. The maximum atomic E-state index is 5.97. The van der Waals surface area contributed by atoms with E-state index in [-0.39, 0.29) is 36.2 Å². The standard InChI is InChI=1S/C19H37N5O2.HI/c1-4-22-7-9-23(10-8-22)16(2)14-21-19(20-3)24-11-13-26-18(15-24)17-6-5-12-25-17;/h16-18H,4-15H2,1-3H3,(H,20,21);1H. The molecule has 1 N–H and O–H groups in total. The van der Waals surface area contributed by atoms with E-state index >= 15 is 0 Å². The highest BCUT2D eigenvalue weighted by Gasteiger charge is 2.32. The van der Waals surface area contributed by atoms with Gasteiger partial charge in [-0.15, -0.1) is 24.0 Å². The number of morpholine rings is 1. The van der Waals surface area contributed by atoms with Crippen molar-refractivity contribution in [2.24, 2.45) is 4.99 Å². The second kappa shape index (κ2) is 11.7. The molecule has 3 heterocycles. The molecule has 3 fully saturated rings. The molecule has 0 amide bonds. The second-order valence-corrected chi connectivity index (χ2v) is 7.65. The molecule has 0 aliphatic carbocycles. The molecule has 3 aliphatic heterocycles. The third-order valence-corrected chi connectivity index (χ3v) is 6.02. The summed E-state index contributed by atoms with van der Waals surface area (Å²) < 4.78 is 11.8. The van der Waals surface area contributed by atoms with E-state index in [4.69, 9.17) is 9.47 Å². The first-order valence-electron chi connectivity index (χ1n) is 10.4. The summed E-state index contributed by atoms with van der Waals surface area (Å²) >= 11 is 0. The molecule has 0 bridgehead atoms. The molecule has 3 atom stereocenters. The third kappa shape index (κ3) is 6.42. The molecule has 3 unspecified atom stereocenters. The molecule has 27 heavy (non-hydrogen) atoms. The van der Waals surface area contributed by atoms with Crippen LogP contribution in [0.5, 0.6) is 0 Å². The van der Waals surface area contributed by atoms with Crippen LogP contribution in [-0.2, 0) is 9.47 Å². The Morgan fingerprint density at radius 2 is 1.85 bits per heavy atom. The number of ether oxygens (including phenoxy) is 2. The number of piperazine rings is 1. The van der Waals surface area contributed by atoms with Gasteiger partial charge in [0.05, 0.1) is 12.7 Å². The minimum absolute atomic E-state index is 0. The number of nitrogens with one attached hydrogen (secondary N) is 1. The van der Waals surface area contributed by atoms with Gasteiger partial charge >= 0.3 is 0 Å². The van der Waals surface area contributed by atoms with Gasteiger partial charge < -0.3 is 24.6 Å². The summed E-state index contributed by atoms with van der Waals surface area (Å²) in [5.74, 6) is 0.996. The summed E-state index contributed by atoms with van der Waals surface area (Å²) in [6.07, 6.45) is 2.69. The van der Waals surface area contributed by atoms with Gasteiger partial charge in [0.1, 0.15) is 6.10 Å². The Hall–Kier alpha value is -0.160. The van der Waals surface area contributed by atoms with Crippen molar-refractivity contribution in [2.75, 3.05) is 72.6 Å². The molecule has 0 spiro atoms. The summed E-state index contributed by atoms with van der Waals surface area (Å²) in [4.78, 5) is 12.0. The van der Waals surface area contributed by atoms with Crippen LogP contribution in [0, 0.1) is 0 Å². The van der Waals surface area contributed by atoms with Crippen molar-refractivity contribution in [1.29, 1.82) is 0 Å². The number of aliphatic imine (C=N–C) groups is 1. The van der Waals surface area contributed by atoms with Gasteiger partial charge in [0.2, 0.25) is 0 Å². The van der Waals surface area contributed by atoms with E-state index in [1.165, 1.54) is 13.1 Å². The lowest BCUT2D eigenvalue weighted by Gasteiger charge is -2.39. The highest BCUT2D eigenvalue weighted by Crippen LogP contribution is 2.21. The van der Waals surface area contributed by atoms with Crippen molar-refractivity contribution in [1.82, 2.24) is 20.0 Å². The third-order valence-electron chi connectivity index (χ3n) is 6.02. The first-order chi connectivity index (χ1) is 12.7. The Morgan fingerprint density at radius 3 is 2.48 bits per heavy atom. The number of rotatable bonds is 5. The molecular formula is C19H38IN5O2. The Kier molecular flexibility index (Phi) is 10.1. The minimum Gasteiger partial charge on any atom is -0.375 e. The predicted molar refractivity (Wildman–Crippen MR) is 120 cm³/mol. The van der Waals surface area contributed by atoms with Gasteiger partial charge in [0.15, 0.2) is 5.96 Å². The molecule has 0 aromatic heterocycles. The van der Waals surface area contributed by atoms with Crippen LogP contribution in [0.1, 0.15) is 26.7 Å². The normalized spacial score (nSPS) is 29.4. The van der Waals surface area contributed by atoms with Crippen molar-refractivity contribution < 1.29 is 9.47 Å². The van der Waals surface area contributed by atoms with E-state index in [2.05, 4.69) is 38.9 Å². The maximum absolute atomic E-state index is 5.97. The van der Waals surface area contributed by atoms with E-state index in [0.29, 0.717) is 6.04 Å². The predicted octanol–water partition coefficient (Wildman–Crippen LogP) is 1.09. The fraction of sp³-hybridized carbons (Fsp3) is 0.947. The lowest BCUT2D eigenvalue weighted by molar-refractivity contribution is -0.0817. The average Bonchev–Trinajstić information content (AvgIpc) is 3.23. The zero-order valence-electron chi connectivity index (χ0n) is 17.2. The Morgan fingerprint density at radius 1 is 1.11 bits per heavy atom. The highest BCUT2D eigenvalue weighted by molar-refractivity contribution is 14.0. The molecule has 0 radical (unpaired) electrons. The highest BCUT2D eigenvalue weighted by atomic mass is 127. The van der Waals surface area contributed by atoms with Gasteiger partial charge in [0.25, 0.3) is 0 Å². The van der Waals surface area contributed by atoms with Crippen LogP contribution >= 0.6 is 24.0 Å². The van der Waals surface area contributed by atoms with Gasteiger partial charge in [-0.2, -0.15) is 0 Å². The first-order valence-corrected chi connectivity index (χ1v) is 10.4. The van der Waals surface area contributed by atoms with Gasteiger partial charge in [-0.25, -0.2) is 0 Å². The molecule has 3 aliphatic rings. The Labute approximate surface area is 181 Å². The number of guanidine groups is 1. The topological polar surface area (TPSA) is 52.6 Å². The molecule has 3 saturated heterocycles. The van der Waals surface area contributed by atoms with Crippen LogP contribution in [-0.4, -0.2) is 112 Å². The molecule has 0 saturated carbocycles. The Bertz CT molecular complexity index is 453. The molecule has 158 valence electrons. The van der Waals surface area contributed by atoms with Crippen LogP contribution in [0.4, 0.5) is 0 Å². The van der Waals surface area contributed by atoms with Crippen LogP contribution in [0.3, 0.4) is 0 Å². The van der Waals surface area contributed by atoms with Crippen molar-refractivity contribution in [3.8, 4) is 0 Å². The lowest BCUT2D eigenvalue weighted by Crippen LogP contribution is -2.56. The fourth-order valence-electron chi connectivity index (χ4n) is 4.21. The van der Waals surface area contributed by atoms with E-state index in [0.717, 1.165) is 71.3 Å². The molecular weight excluding hydrogens is 457 g/mol. The smallest absolute Gasteiger partial charge is 0.193 e. The zero-order valence-corrected chi connectivity index (χ0v) is 19.6. The van der Waals surface area contributed by atoms with E-state index in [1.54, 1.807) is 0 Å². The van der Waals surface area contributed by atoms with Gasteiger partial charge in [-0.3, -0.25) is 9.89 Å². The van der Waals surface area contributed by atoms with Crippen LogP contribution < -0.4 is 5.32 Å². The van der Waals surface area contributed by atoms with Crippen LogP contribution in [0.2, 0.25) is 0 Å². The number of halogens is 1. The fourth-order valence-corrected chi connectivity index (χ4v) is 4.21. The van der Waals surface area contributed by atoms with Gasteiger partial charge in [-0.05, 0) is 26.3 Å². The van der Waals surface area contributed by atoms with Gasteiger partial charge in [0, 0.05) is 65.5 Å². The van der Waals surface area contributed by atoms with Crippen molar-refractivity contribution in [3.05, 3.63) is 0 Å². The van der Waals surface area contributed by atoms with Crippen molar-refractivity contribution in [2.45, 2.75) is 44.9 Å². The largest absolute Gasteiger partial charge is 0.375 e. The number of hydrogen-bond donors (Lipinski definition) is 1. The van der Waals surface area contributed by atoms with Crippen LogP contribution in [0.25, 0.3) is 0 Å². The molecule has 0 aromatic carbocycles. The second-order valence-electron chi connectivity index (χ2n) is 7.65. The average molecular weight is 495 g/mol. The summed E-state index contributed by atoms with van der Waals surface area (Å²) in [7, 11) is 1.88. The summed E-state index contributed by atoms with van der Waals surface area (Å²) in [5.41, 5.74) is 0. The zero-order chi connectivity index (χ0) is 18.4. The molecule has 7 nitrogen and oxygen atoms in total. The van der Waals surface area contributed by atoms with Gasteiger partial charge in [-0.1, -0.05) is 6.92 Å². The quantitative estimate of drug-likeness (QED) is 0.350. The molecule has 0 aromatic rings. The SMILES string of the molecule is CCN1CCN(C(C)CNC(=NC)N2CCOC(C3CCCO3)C2)CC1.I. The molecule has 3 rings (SSSR count). The monoisotopic (exact) mass is 495 g/mol. The number of likely N-dealkylation sites (N-methyl/N-ethyl adjacent to an activating group) is 1. The van der Waals surface area contributed by atoms with E-state index in [9.17, 15) is 0 Å². The molecule has 8 heteroatoms. The van der Waals surface area contributed by atoms with Crippen molar-refractivity contribution >= 4 is 29.9 Å². The van der Waals surface area contributed by atoms with Crippen molar-refractivity contribution in [3.63, 3.8) is 0 Å². The summed E-state index contributed by atoms with van der Waals surface area (Å²) in [6, 6.07) is 0.515. The minimum atomic E-state index is 0. The Balaban J connectivity index is 0.00000261. The van der Waals surface area contributed by atoms with E-state index < -0.39 is 0 Å². The van der Waals surface area contributed by atoms with E-state index in [1.807, 2.05) is 7.05 Å². The lowest BCUT2D eigenvalue weighted by atomic mass is 10.1. The number of nitrogens with zero attached hydrogens (tertiary/aromatic N) is 4.